The summed E-state index contributed by atoms with van der Waals surface area (Å²) in [6.45, 7) is 3.45. The Hall–Kier alpha value is -0.0800. The molecule has 0 radical (unpaired) electrons. The van der Waals surface area contributed by atoms with Gasteiger partial charge in [0.05, 0.1) is 6.54 Å². The molecule has 0 aromatic heterocycles. The molecule has 0 aromatic rings. The second-order valence-electron chi connectivity index (χ2n) is 2.72. The Morgan fingerprint density at radius 1 is 1.62 bits per heavy atom. The van der Waals surface area contributed by atoms with E-state index in [0.29, 0.717) is 6.17 Å². The molecule has 4 N–H and O–H groups in total. The molecule has 1 fully saturated rings. The van der Waals surface area contributed by atoms with Gasteiger partial charge >= 0.3 is 0 Å². The van der Waals surface area contributed by atoms with Gasteiger partial charge in [-0.15, -0.1) is 0 Å². The molecule has 0 amide bonds. The zero-order chi connectivity index (χ0) is 5.98. The molecule has 2 atom stereocenters. The maximum atomic E-state index is 5.72. The van der Waals surface area contributed by atoms with Gasteiger partial charge in [0.2, 0.25) is 0 Å². The highest BCUT2D eigenvalue weighted by Gasteiger charge is 2.19. The van der Waals surface area contributed by atoms with Crippen LogP contribution in [0.3, 0.4) is 0 Å². The van der Waals surface area contributed by atoms with Gasteiger partial charge in [-0.1, -0.05) is 6.92 Å². The van der Waals surface area contributed by atoms with E-state index in [-0.39, 0.29) is 0 Å². The summed E-state index contributed by atoms with van der Waals surface area (Å²) in [4.78, 5) is 0. The van der Waals surface area contributed by atoms with E-state index in [1.54, 1.807) is 0 Å². The Kier molecular flexibility index (Phi) is 1.86. The SMILES string of the molecule is CC1CCC[NH2+]C1N. The average molecular weight is 115 g/mol. The van der Waals surface area contributed by atoms with Crippen molar-refractivity contribution in [3.05, 3.63) is 0 Å². The van der Waals surface area contributed by atoms with Crippen LogP contribution in [0.1, 0.15) is 19.8 Å². The van der Waals surface area contributed by atoms with E-state index in [1.807, 2.05) is 0 Å². The second kappa shape index (κ2) is 2.46. The fourth-order valence-electron chi connectivity index (χ4n) is 1.17. The van der Waals surface area contributed by atoms with Crippen LogP contribution in [0, 0.1) is 5.92 Å². The van der Waals surface area contributed by atoms with Crippen molar-refractivity contribution < 1.29 is 5.32 Å². The van der Waals surface area contributed by atoms with Crippen LogP contribution < -0.4 is 11.1 Å². The molecular weight excluding hydrogens is 100 g/mol. The van der Waals surface area contributed by atoms with E-state index in [9.17, 15) is 0 Å². The molecule has 48 valence electrons. The summed E-state index contributed by atoms with van der Waals surface area (Å²) in [5, 5.41) is 2.23. The Balaban J connectivity index is 2.28. The van der Waals surface area contributed by atoms with Crippen molar-refractivity contribution in [1.82, 2.24) is 0 Å². The minimum atomic E-state index is 0.378. The summed E-state index contributed by atoms with van der Waals surface area (Å²) >= 11 is 0. The molecule has 8 heavy (non-hydrogen) atoms. The normalized spacial score (nSPS) is 39.8. The first-order valence-corrected chi connectivity index (χ1v) is 3.39. The van der Waals surface area contributed by atoms with Crippen molar-refractivity contribution in [2.24, 2.45) is 11.7 Å². The maximum absolute atomic E-state index is 5.72. The van der Waals surface area contributed by atoms with E-state index in [0.717, 1.165) is 5.92 Å². The first-order valence-electron chi connectivity index (χ1n) is 3.39. The van der Waals surface area contributed by atoms with Crippen LogP contribution in [0.25, 0.3) is 0 Å². The van der Waals surface area contributed by atoms with Gasteiger partial charge in [-0.3, -0.25) is 5.73 Å². The molecule has 1 aliphatic rings. The first-order chi connectivity index (χ1) is 3.80. The molecular formula is C6H15N2+. The lowest BCUT2D eigenvalue weighted by Crippen LogP contribution is -2.95. The van der Waals surface area contributed by atoms with E-state index in [2.05, 4.69) is 12.2 Å². The Bertz CT molecular complexity index is 62.9. The largest absolute Gasteiger partial charge is 0.331 e. The number of nitrogens with two attached hydrogens (primary N) is 2. The lowest BCUT2D eigenvalue weighted by atomic mass is 9.99. The van der Waals surface area contributed by atoms with Crippen LogP contribution in [-0.4, -0.2) is 12.7 Å². The standard InChI is InChI=1S/C6H14N2/c1-5-3-2-4-8-6(5)7/h5-6,8H,2-4,7H2,1H3/p+1. The van der Waals surface area contributed by atoms with Gasteiger partial charge in [0, 0.05) is 5.92 Å². The van der Waals surface area contributed by atoms with E-state index in [1.165, 1.54) is 19.4 Å². The monoisotopic (exact) mass is 115 g/mol. The predicted octanol–water partition coefficient (Wildman–Crippen LogP) is -0.735. The van der Waals surface area contributed by atoms with Crippen molar-refractivity contribution in [3.8, 4) is 0 Å². The Labute approximate surface area is 50.4 Å². The number of rotatable bonds is 0. The minimum Gasteiger partial charge on any atom is -0.331 e. The molecule has 0 aliphatic carbocycles. The summed E-state index contributed by atoms with van der Waals surface area (Å²) in [5.74, 6) is 0.726. The van der Waals surface area contributed by atoms with Gasteiger partial charge in [0.1, 0.15) is 6.17 Å². The van der Waals surface area contributed by atoms with Crippen molar-refractivity contribution >= 4 is 0 Å². The predicted molar refractivity (Wildman–Crippen MR) is 33.2 cm³/mol. The number of hydrogen-bond donors (Lipinski definition) is 2. The Morgan fingerprint density at radius 2 is 2.38 bits per heavy atom. The summed E-state index contributed by atoms with van der Waals surface area (Å²) in [6, 6.07) is 0. The van der Waals surface area contributed by atoms with Crippen LogP contribution in [0.15, 0.2) is 0 Å². The van der Waals surface area contributed by atoms with Gasteiger partial charge in [0.15, 0.2) is 0 Å². The van der Waals surface area contributed by atoms with Crippen LogP contribution in [0.5, 0.6) is 0 Å². The summed E-state index contributed by atoms with van der Waals surface area (Å²) in [6.07, 6.45) is 3.04. The molecule has 0 spiro atoms. The topological polar surface area (TPSA) is 42.6 Å². The van der Waals surface area contributed by atoms with Gasteiger partial charge < -0.3 is 5.32 Å². The molecule has 1 aliphatic heterocycles. The van der Waals surface area contributed by atoms with Crippen molar-refractivity contribution in [1.29, 1.82) is 0 Å². The third-order valence-electron chi connectivity index (χ3n) is 1.96. The van der Waals surface area contributed by atoms with Gasteiger partial charge in [-0.05, 0) is 12.8 Å². The molecule has 0 saturated carbocycles. The van der Waals surface area contributed by atoms with Gasteiger partial charge in [-0.2, -0.15) is 0 Å². The average Bonchev–Trinajstić information content (AvgIpc) is 1.77. The quantitative estimate of drug-likeness (QED) is 0.429. The van der Waals surface area contributed by atoms with Gasteiger partial charge in [0.25, 0.3) is 0 Å². The fourth-order valence-corrected chi connectivity index (χ4v) is 1.17. The zero-order valence-corrected chi connectivity index (χ0v) is 5.43. The maximum Gasteiger partial charge on any atom is 0.139 e. The molecule has 0 aromatic carbocycles. The third kappa shape index (κ3) is 1.20. The smallest absolute Gasteiger partial charge is 0.139 e. The van der Waals surface area contributed by atoms with Crippen molar-refractivity contribution in [2.75, 3.05) is 6.54 Å². The molecule has 1 saturated heterocycles. The molecule has 2 nitrogen and oxygen atoms in total. The summed E-state index contributed by atoms with van der Waals surface area (Å²) < 4.78 is 0. The Morgan fingerprint density at radius 3 is 2.75 bits per heavy atom. The molecule has 0 bridgehead atoms. The fraction of sp³-hybridized carbons (Fsp3) is 1.00. The summed E-state index contributed by atoms with van der Waals surface area (Å²) in [7, 11) is 0. The highest BCUT2D eigenvalue weighted by atomic mass is 15.0. The van der Waals surface area contributed by atoms with Crippen LogP contribution in [0.2, 0.25) is 0 Å². The molecule has 2 unspecified atom stereocenters. The van der Waals surface area contributed by atoms with Crippen molar-refractivity contribution in [3.63, 3.8) is 0 Å². The van der Waals surface area contributed by atoms with Gasteiger partial charge in [-0.25, -0.2) is 0 Å². The van der Waals surface area contributed by atoms with Crippen LogP contribution in [-0.2, 0) is 0 Å². The molecule has 1 heterocycles. The number of piperidine rings is 1. The summed E-state index contributed by atoms with van der Waals surface area (Å²) in [5.41, 5.74) is 5.72. The van der Waals surface area contributed by atoms with Crippen LogP contribution in [0.4, 0.5) is 0 Å². The zero-order valence-electron chi connectivity index (χ0n) is 5.43. The first kappa shape index (κ1) is 6.05. The number of quaternary nitrogens is 1. The lowest BCUT2D eigenvalue weighted by molar-refractivity contribution is -0.703. The molecule has 1 rings (SSSR count). The van der Waals surface area contributed by atoms with E-state index in [4.69, 9.17) is 5.73 Å². The minimum absolute atomic E-state index is 0.378. The van der Waals surface area contributed by atoms with Crippen LogP contribution >= 0.6 is 0 Å². The number of hydrogen-bond acceptors (Lipinski definition) is 1. The van der Waals surface area contributed by atoms with E-state index >= 15 is 0 Å². The van der Waals surface area contributed by atoms with Crippen molar-refractivity contribution in [2.45, 2.75) is 25.9 Å². The highest BCUT2D eigenvalue weighted by Crippen LogP contribution is 2.06. The van der Waals surface area contributed by atoms with E-state index < -0.39 is 0 Å². The second-order valence-corrected chi connectivity index (χ2v) is 2.72. The molecule has 2 heteroatoms. The third-order valence-corrected chi connectivity index (χ3v) is 1.96. The highest BCUT2D eigenvalue weighted by molar-refractivity contribution is 4.60. The lowest BCUT2D eigenvalue weighted by Gasteiger charge is -2.22.